The summed E-state index contributed by atoms with van der Waals surface area (Å²) in [6.07, 6.45) is 2.10. The third-order valence-electron chi connectivity index (χ3n) is 2.30. The van der Waals surface area contributed by atoms with Gasteiger partial charge in [-0.25, -0.2) is 0 Å². The number of hydrogen-bond acceptors (Lipinski definition) is 3. The molecule has 16 heavy (non-hydrogen) atoms. The third-order valence-corrected chi connectivity index (χ3v) is 2.30. The highest BCUT2D eigenvalue weighted by Crippen LogP contribution is 2.15. The molecule has 2 unspecified atom stereocenters. The zero-order chi connectivity index (χ0) is 12.1. The van der Waals surface area contributed by atoms with Crippen LogP contribution in [0.3, 0.4) is 0 Å². The van der Waals surface area contributed by atoms with Gasteiger partial charge in [0, 0.05) is 0 Å². The number of nitrogens with two attached hydrogens (primary N) is 1. The van der Waals surface area contributed by atoms with E-state index in [0.717, 1.165) is 11.5 Å². The monoisotopic (exact) mass is 222 g/mol. The van der Waals surface area contributed by atoms with Crippen LogP contribution in [0.15, 0.2) is 29.2 Å². The molecule has 1 rings (SSSR count). The van der Waals surface area contributed by atoms with Gasteiger partial charge in [0.2, 0.25) is 5.91 Å². The van der Waals surface area contributed by atoms with E-state index >= 15 is 0 Å². The summed E-state index contributed by atoms with van der Waals surface area (Å²) >= 11 is 0. The van der Waals surface area contributed by atoms with Gasteiger partial charge < -0.3 is 15.5 Å². The number of nitrogens with one attached hydrogen (secondary N) is 1. The highest BCUT2D eigenvalue weighted by molar-refractivity contribution is 5.81. The number of hydrogen-bond donors (Lipinski definition) is 2. The van der Waals surface area contributed by atoms with Crippen molar-refractivity contribution in [3.8, 4) is 0 Å². The first-order valence-electron chi connectivity index (χ1n) is 5.27. The molecule has 0 radical (unpaired) electrons. The minimum atomic E-state index is -0.545. The topological polar surface area (TPSA) is 68.3 Å². The largest absolute Gasteiger partial charge is 0.464 e. The third kappa shape index (κ3) is 3.24. The van der Waals surface area contributed by atoms with Gasteiger partial charge in [-0.2, -0.15) is 0 Å². The number of aryl methyl sites for hydroxylation is 1. The molecule has 0 aliphatic rings. The van der Waals surface area contributed by atoms with Crippen LogP contribution in [-0.4, -0.2) is 11.9 Å². The smallest absolute Gasteiger partial charge is 0.237 e. The molecule has 4 heteroatoms. The van der Waals surface area contributed by atoms with E-state index in [0.29, 0.717) is 6.42 Å². The number of carbonyl (C=O) groups excluding carboxylic acids is 1. The Hall–Kier alpha value is -1.55. The molecule has 1 aromatic rings. The second kappa shape index (κ2) is 5.51. The minimum absolute atomic E-state index is 0.169. The van der Waals surface area contributed by atoms with E-state index in [1.54, 1.807) is 6.08 Å². The Bertz CT molecular complexity index is 371. The summed E-state index contributed by atoms with van der Waals surface area (Å²) < 4.78 is 5.41. The van der Waals surface area contributed by atoms with Crippen molar-refractivity contribution < 1.29 is 9.21 Å². The van der Waals surface area contributed by atoms with Crippen LogP contribution < -0.4 is 11.1 Å². The van der Waals surface area contributed by atoms with Crippen LogP contribution in [0.1, 0.15) is 30.9 Å². The molecule has 0 aromatic carbocycles. The lowest BCUT2D eigenvalue weighted by atomic mass is 10.2. The molecule has 0 saturated carbocycles. The molecular formula is C12H18N2O2. The number of carbonyl (C=O) groups is 1. The lowest BCUT2D eigenvalue weighted by Crippen LogP contribution is -2.41. The summed E-state index contributed by atoms with van der Waals surface area (Å²) in [7, 11) is 0. The van der Waals surface area contributed by atoms with Crippen molar-refractivity contribution in [2.75, 3.05) is 0 Å². The maximum absolute atomic E-state index is 11.6. The molecule has 0 spiro atoms. The molecule has 0 saturated heterocycles. The Morgan fingerprint density at radius 2 is 2.38 bits per heavy atom. The maximum atomic E-state index is 11.6. The van der Waals surface area contributed by atoms with Crippen LogP contribution in [0.2, 0.25) is 0 Å². The molecule has 3 N–H and O–H groups in total. The van der Waals surface area contributed by atoms with E-state index in [1.165, 1.54) is 0 Å². The molecule has 1 heterocycles. The van der Waals surface area contributed by atoms with Gasteiger partial charge in [-0.1, -0.05) is 6.08 Å². The van der Waals surface area contributed by atoms with Crippen LogP contribution >= 0.6 is 0 Å². The van der Waals surface area contributed by atoms with Gasteiger partial charge in [0.05, 0.1) is 12.1 Å². The zero-order valence-corrected chi connectivity index (χ0v) is 9.69. The molecular weight excluding hydrogens is 204 g/mol. The fourth-order valence-electron chi connectivity index (χ4n) is 1.36. The second-order valence-electron chi connectivity index (χ2n) is 3.81. The van der Waals surface area contributed by atoms with Crippen molar-refractivity contribution in [1.29, 1.82) is 0 Å². The summed E-state index contributed by atoms with van der Waals surface area (Å²) in [5.41, 5.74) is 5.65. The summed E-state index contributed by atoms with van der Waals surface area (Å²) in [6.45, 7) is 7.27. The van der Waals surface area contributed by atoms with Gasteiger partial charge in [-0.15, -0.1) is 6.58 Å². The summed E-state index contributed by atoms with van der Waals surface area (Å²) in [5, 5.41) is 2.79. The van der Waals surface area contributed by atoms with Crippen LogP contribution in [0.4, 0.5) is 0 Å². The zero-order valence-electron chi connectivity index (χ0n) is 9.69. The van der Waals surface area contributed by atoms with E-state index in [2.05, 4.69) is 11.9 Å². The van der Waals surface area contributed by atoms with E-state index < -0.39 is 6.04 Å². The Labute approximate surface area is 95.5 Å². The van der Waals surface area contributed by atoms with Crippen molar-refractivity contribution in [3.05, 3.63) is 36.3 Å². The van der Waals surface area contributed by atoms with Crippen molar-refractivity contribution in [2.24, 2.45) is 5.73 Å². The second-order valence-corrected chi connectivity index (χ2v) is 3.81. The van der Waals surface area contributed by atoms with Gasteiger partial charge in [0.25, 0.3) is 0 Å². The van der Waals surface area contributed by atoms with Crippen LogP contribution in [0.5, 0.6) is 0 Å². The van der Waals surface area contributed by atoms with Crippen LogP contribution in [-0.2, 0) is 4.79 Å². The molecule has 0 aliphatic carbocycles. The molecule has 2 atom stereocenters. The summed E-state index contributed by atoms with van der Waals surface area (Å²) in [4.78, 5) is 11.6. The normalized spacial score (nSPS) is 14.2. The average Bonchev–Trinajstić information content (AvgIpc) is 2.65. The Morgan fingerprint density at radius 3 is 2.88 bits per heavy atom. The number of furan rings is 1. The lowest BCUT2D eigenvalue weighted by molar-refractivity contribution is -0.123. The standard InChI is InChI=1S/C12H18N2O2/c1-4-5-10(13)12(15)14-9(3)11-7-6-8(2)16-11/h4,6-7,9-10H,1,5,13H2,2-3H3,(H,14,15). The van der Waals surface area contributed by atoms with Crippen molar-refractivity contribution in [2.45, 2.75) is 32.4 Å². The van der Waals surface area contributed by atoms with Crippen molar-refractivity contribution in [1.82, 2.24) is 5.32 Å². The number of rotatable bonds is 5. The highest BCUT2D eigenvalue weighted by atomic mass is 16.3. The summed E-state index contributed by atoms with van der Waals surface area (Å²) in [5.74, 6) is 1.37. The molecule has 1 aromatic heterocycles. The molecule has 88 valence electrons. The van der Waals surface area contributed by atoms with Gasteiger partial charge in [-0.05, 0) is 32.4 Å². The van der Waals surface area contributed by atoms with Gasteiger partial charge in [0.15, 0.2) is 0 Å². The first-order valence-corrected chi connectivity index (χ1v) is 5.27. The molecule has 0 aliphatic heterocycles. The minimum Gasteiger partial charge on any atom is -0.464 e. The van der Waals surface area contributed by atoms with Crippen molar-refractivity contribution >= 4 is 5.91 Å². The average molecular weight is 222 g/mol. The predicted octanol–water partition coefficient (Wildman–Crippen LogP) is 1.67. The summed E-state index contributed by atoms with van der Waals surface area (Å²) in [6, 6.07) is 2.99. The fraction of sp³-hybridized carbons (Fsp3) is 0.417. The Balaban J connectivity index is 2.54. The molecule has 0 bridgehead atoms. The van der Waals surface area contributed by atoms with Gasteiger partial charge in [0.1, 0.15) is 11.5 Å². The van der Waals surface area contributed by atoms with Gasteiger partial charge in [-0.3, -0.25) is 4.79 Å². The van der Waals surface area contributed by atoms with Crippen molar-refractivity contribution in [3.63, 3.8) is 0 Å². The van der Waals surface area contributed by atoms with Crippen LogP contribution in [0.25, 0.3) is 0 Å². The molecule has 4 nitrogen and oxygen atoms in total. The molecule has 0 fully saturated rings. The highest BCUT2D eigenvalue weighted by Gasteiger charge is 2.16. The van der Waals surface area contributed by atoms with E-state index in [4.69, 9.17) is 10.2 Å². The van der Waals surface area contributed by atoms with E-state index in [-0.39, 0.29) is 11.9 Å². The van der Waals surface area contributed by atoms with E-state index in [1.807, 2.05) is 26.0 Å². The maximum Gasteiger partial charge on any atom is 0.237 e. The first kappa shape index (κ1) is 12.5. The Kier molecular flexibility index (Phi) is 4.31. The van der Waals surface area contributed by atoms with Gasteiger partial charge >= 0.3 is 0 Å². The number of amides is 1. The SMILES string of the molecule is C=CCC(N)C(=O)NC(C)c1ccc(C)o1. The Morgan fingerprint density at radius 1 is 1.69 bits per heavy atom. The van der Waals surface area contributed by atoms with E-state index in [9.17, 15) is 4.79 Å². The predicted molar refractivity (Wildman–Crippen MR) is 62.8 cm³/mol. The lowest BCUT2D eigenvalue weighted by Gasteiger charge is -2.14. The quantitative estimate of drug-likeness (QED) is 0.744. The first-order chi connectivity index (χ1) is 7.54. The van der Waals surface area contributed by atoms with Crippen LogP contribution in [0, 0.1) is 6.92 Å². The molecule has 1 amide bonds. The fourth-order valence-corrected chi connectivity index (χ4v) is 1.36.